The molecule has 1 aromatic carbocycles. The second-order valence-electron chi connectivity index (χ2n) is 5.26. The van der Waals surface area contributed by atoms with Gasteiger partial charge in [-0.3, -0.25) is 4.79 Å². The van der Waals surface area contributed by atoms with E-state index in [0.29, 0.717) is 12.8 Å². The molecule has 1 aliphatic rings. The van der Waals surface area contributed by atoms with Crippen LogP contribution in [-0.2, 0) is 19.0 Å². The SMILES string of the molecule is Cc1nc(C(F)(F)F)c(C(=O)NC2Cc3ccccc3C2)s1. The molecule has 1 heterocycles. The van der Waals surface area contributed by atoms with Crippen LogP contribution in [0.5, 0.6) is 0 Å². The monoisotopic (exact) mass is 326 g/mol. The molecule has 2 aromatic rings. The van der Waals surface area contributed by atoms with Crippen molar-refractivity contribution < 1.29 is 18.0 Å². The summed E-state index contributed by atoms with van der Waals surface area (Å²) in [5.41, 5.74) is 1.16. The van der Waals surface area contributed by atoms with Gasteiger partial charge in [0.25, 0.3) is 5.91 Å². The maximum absolute atomic E-state index is 12.9. The number of aromatic nitrogens is 1. The number of benzene rings is 1. The van der Waals surface area contributed by atoms with Gasteiger partial charge < -0.3 is 5.32 Å². The summed E-state index contributed by atoms with van der Waals surface area (Å²) in [5.74, 6) is -0.698. The van der Waals surface area contributed by atoms with Gasteiger partial charge in [0, 0.05) is 6.04 Å². The van der Waals surface area contributed by atoms with Crippen LogP contribution in [0.1, 0.15) is 31.5 Å². The van der Waals surface area contributed by atoms with Gasteiger partial charge in [0.15, 0.2) is 5.69 Å². The first-order valence-corrected chi connectivity index (χ1v) is 7.58. The maximum Gasteiger partial charge on any atom is 0.435 e. The van der Waals surface area contributed by atoms with E-state index in [1.54, 1.807) is 0 Å². The molecule has 0 bridgehead atoms. The molecule has 7 heteroatoms. The number of hydrogen-bond acceptors (Lipinski definition) is 3. The summed E-state index contributed by atoms with van der Waals surface area (Å²) in [7, 11) is 0. The Balaban J connectivity index is 1.77. The third-order valence-electron chi connectivity index (χ3n) is 3.60. The first kappa shape index (κ1) is 15.0. The molecule has 1 amide bonds. The summed E-state index contributed by atoms with van der Waals surface area (Å²) < 4.78 is 38.7. The molecule has 0 radical (unpaired) electrons. The van der Waals surface area contributed by atoms with Crippen molar-refractivity contribution in [3.63, 3.8) is 0 Å². The zero-order valence-electron chi connectivity index (χ0n) is 11.7. The van der Waals surface area contributed by atoms with Gasteiger partial charge in [-0.05, 0) is 30.9 Å². The van der Waals surface area contributed by atoms with Gasteiger partial charge in [-0.1, -0.05) is 24.3 Å². The lowest BCUT2D eigenvalue weighted by molar-refractivity contribution is -0.141. The number of rotatable bonds is 2. The topological polar surface area (TPSA) is 42.0 Å². The molecular weight excluding hydrogens is 313 g/mol. The van der Waals surface area contributed by atoms with Crippen molar-refractivity contribution in [2.45, 2.75) is 32.0 Å². The van der Waals surface area contributed by atoms with E-state index in [1.807, 2.05) is 24.3 Å². The van der Waals surface area contributed by atoms with Crippen LogP contribution in [0.3, 0.4) is 0 Å². The summed E-state index contributed by atoms with van der Waals surface area (Å²) in [5, 5.41) is 2.93. The van der Waals surface area contributed by atoms with Gasteiger partial charge in [-0.2, -0.15) is 13.2 Å². The normalized spacial score (nSPS) is 14.9. The second kappa shape index (κ2) is 5.39. The van der Waals surface area contributed by atoms with Crippen LogP contribution in [0.4, 0.5) is 13.2 Å². The lowest BCUT2D eigenvalue weighted by atomic mass is 10.1. The molecule has 0 aliphatic heterocycles. The third-order valence-corrected chi connectivity index (χ3v) is 4.56. The van der Waals surface area contributed by atoms with E-state index in [0.717, 1.165) is 22.5 Å². The number of fused-ring (bicyclic) bond motifs is 1. The number of alkyl halides is 3. The van der Waals surface area contributed by atoms with E-state index in [9.17, 15) is 18.0 Å². The molecular formula is C15H13F3N2OS. The van der Waals surface area contributed by atoms with Gasteiger partial charge in [-0.15, -0.1) is 11.3 Å². The minimum atomic E-state index is -4.62. The Morgan fingerprint density at radius 2 is 1.86 bits per heavy atom. The largest absolute Gasteiger partial charge is 0.435 e. The molecule has 3 nitrogen and oxygen atoms in total. The summed E-state index contributed by atoms with van der Waals surface area (Å²) >= 11 is 0.773. The average Bonchev–Trinajstić information content (AvgIpc) is 3.00. The summed E-state index contributed by atoms with van der Waals surface area (Å²) in [6, 6.07) is 7.60. The zero-order valence-corrected chi connectivity index (χ0v) is 12.5. The highest BCUT2D eigenvalue weighted by atomic mass is 32.1. The summed E-state index contributed by atoms with van der Waals surface area (Å²) in [6.45, 7) is 1.46. The molecule has 0 atom stereocenters. The predicted octanol–water partition coefficient (Wildman–Crippen LogP) is 3.37. The second-order valence-corrected chi connectivity index (χ2v) is 6.46. The van der Waals surface area contributed by atoms with Crippen molar-refractivity contribution in [3.05, 3.63) is 51.0 Å². The van der Waals surface area contributed by atoms with Crippen LogP contribution in [0, 0.1) is 6.92 Å². The highest BCUT2D eigenvalue weighted by molar-refractivity contribution is 7.13. The van der Waals surface area contributed by atoms with E-state index >= 15 is 0 Å². The number of thiazole rings is 1. The van der Waals surface area contributed by atoms with Gasteiger partial charge in [0.05, 0.1) is 5.01 Å². The van der Waals surface area contributed by atoms with E-state index in [4.69, 9.17) is 0 Å². The van der Waals surface area contributed by atoms with Crippen molar-refractivity contribution in [3.8, 4) is 0 Å². The Kier molecular flexibility index (Phi) is 3.68. The zero-order chi connectivity index (χ0) is 15.9. The Labute approximate surface area is 129 Å². The van der Waals surface area contributed by atoms with Gasteiger partial charge in [-0.25, -0.2) is 4.98 Å². The molecule has 3 rings (SSSR count). The van der Waals surface area contributed by atoms with Crippen LogP contribution < -0.4 is 5.32 Å². The molecule has 0 saturated carbocycles. The number of carbonyl (C=O) groups excluding carboxylic acids is 1. The lowest BCUT2D eigenvalue weighted by Gasteiger charge is -2.12. The quantitative estimate of drug-likeness (QED) is 0.919. The van der Waals surface area contributed by atoms with Crippen molar-refractivity contribution in [1.29, 1.82) is 0 Å². The van der Waals surface area contributed by atoms with E-state index in [2.05, 4.69) is 10.3 Å². The Morgan fingerprint density at radius 3 is 2.41 bits per heavy atom. The number of aryl methyl sites for hydroxylation is 1. The number of nitrogens with one attached hydrogen (secondary N) is 1. The van der Waals surface area contributed by atoms with Crippen molar-refractivity contribution in [2.24, 2.45) is 0 Å². The van der Waals surface area contributed by atoms with Crippen LogP contribution in [0.15, 0.2) is 24.3 Å². The summed E-state index contributed by atoms with van der Waals surface area (Å²) in [6.07, 6.45) is -3.34. The first-order chi connectivity index (χ1) is 10.3. The fourth-order valence-electron chi connectivity index (χ4n) is 2.68. The summed E-state index contributed by atoms with van der Waals surface area (Å²) in [4.78, 5) is 15.3. The maximum atomic E-state index is 12.9. The van der Waals surface area contributed by atoms with Gasteiger partial charge >= 0.3 is 6.18 Å². The molecule has 0 saturated heterocycles. The standard InChI is InChI=1S/C15H13F3N2OS/c1-8-19-13(15(16,17)18)12(22-8)14(21)20-11-6-9-4-2-3-5-10(9)7-11/h2-5,11H,6-7H2,1H3,(H,20,21). The fraction of sp³-hybridized carbons (Fsp3) is 0.333. The van der Waals surface area contributed by atoms with Gasteiger partial charge in [0.1, 0.15) is 4.88 Å². The molecule has 22 heavy (non-hydrogen) atoms. The Morgan fingerprint density at radius 1 is 1.27 bits per heavy atom. The van der Waals surface area contributed by atoms with Crippen molar-refractivity contribution >= 4 is 17.2 Å². The molecule has 116 valence electrons. The van der Waals surface area contributed by atoms with Crippen LogP contribution in [0.2, 0.25) is 0 Å². The number of halogens is 3. The number of carbonyl (C=O) groups is 1. The van der Waals surface area contributed by atoms with Crippen LogP contribution in [0.25, 0.3) is 0 Å². The average molecular weight is 326 g/mol. The highest BCUT2D eigenvalue weighted by Gasteiger charge is 2.39. The molecule has 1 N–H and O–H groups in total. The molecule has 1 aliphatic carbocycles. The molecule has 1 aromatic heterocycles. The predicted molar refractivity (Wildman–Crippen MR) is 77.0 cm³/mol. The smallest absolute Gasteiger partial charge is 0.348 e. The van der Waals surface area contributed by atoms with Gasteiger partial charge in [0.2, 0.25) is 0 Å². The number of nitrogens with zero attached hydrogens (tertiary/aromatic N) is 1. The van der Waals surface area contributed by atoms with Crippen molar-refractivity contribution in [2.75, 3.05) is 0 Å². The van der Waals surface area contributed by atoms with E-state index in [-0.39, 0.29) is 15.9 Å². The Hall–Kier alpha value is -1.89. The van der Waals surface area contributed by atoms with Crippen molar-refractivity contribution in [1.82, 2.24) is 10.3 Å². The molecule has 0 unspecified atom stereocenters. The Bertz CT molecular complexity index is 699. The minimum absolute atomic E-state index is 0.173. The number of amides is 1. The third kappa shape index (κ3) is 2.85. The number of hydrogen-bond donors (Lipinski definition) is 1. The molecule has 0 spiro atoms. The van der Waals surface area contributed by atoms with E-state index < -0.39 is 17.8 Å². The van der Waals surface area contributed by atoms with E-state index in [1.165, 1.54) is 6.92 Å². The minimum Gasteiger partial charge on any atom is -0.348 e. The highest BCUT2D eigenvalue weighted by Crippen LogP contribution is 2.34. The lowest BCUT2D eigenvalue weighted by Crippen LogP contribution is -2.35. The fourth-order valence-corrected chi connectivity index (χ4v) is 3.53. The van der Waals surface area contributed by atoms with Crippen LogP contribution in [-0.4, -0.2) is 16.9 Å². The first-order valence-electron chi connectivity index (χ1n) is 6.77. The molecule has 0 fully saturated rings. The van der Waals surface area contributed by atoms with Crippen LogP contribution >= 0.6 is 11.3 Å².